The Morgan fingerprint density at radius 3 is 1.51 bits per heavy atom. The first kappa shape index (κ1) is 31.9. The zero-order valence-electron chi connectivity index (χ0n) is 20.8. The molecule has 0 aromatic heterocycles. The second-order valence-electron chi connectivity index (χ2n) is 8.81. The summed E-state index contributed by atoms with van der Waals surface area (Å²) in [6.45, 7) is 3.63. The van der Waals surface area contributed by atoms with E-state index in [1.54, 1.807) is 45.0 Å². The van der Waals surface area contributed by atoms with Crippen molar-refractivity contribution >= 4 is 6.09 Å². The summed E-state index contributed by atoms with van der Waals surface area (Å²) < 4.78 is 85.6. The van der Waals surface area contributed by atoms with Crippen LogP contribution in [0.25, 0.3) is 0 Å². The molecule has 0 fully saturated rings. The number of hydrogen-bond donors (Lipinski definition) is 2. The van der Waals surface area contributed by atoms with Gasteiger partial charge in [0.1, 0.15) is 17.1 Å². The molecule has 37 heavy (non-hydrogen) atoms. The van der Waals surface area contributed by atoms with E-state index in [1.807, 2.05) is 0 Å². The maximum absolute atomic E-state index is 12.0. The molecule has 0 saturated carbocycles. The molecule has 0 unspecified atom stereocenters. The Hall–Kier alpha value is -3.15. The van der Waals surface area contributed by atoms with E-state index in [0.29, 0.717) is 25.9 Å². The Balaban J connectivity index is 0.000000397. The highest BCUT2D eigenvalue weighted by molar-refractivity contribution is 5.67. The number of carbonyl (C=O) groups is 1. The van der Waals surface area contributed by atoms with E-state index < -0.39 is 37.3 Å². The van der Waals surface area contributed by atoms with Crippen LogP contribution in [0, 0.1) is 0 Å². The number of hydrogen-bond acceptors (Lipinski definition) is 5. The van der Waals surface area contributed by atoms with Crippen molar-refractivity contribution in [3.63, 3.8) is 0 Å². The molecule has 12 heteroatoms. The summed E-state index contributed by atoms with van der Waals surface area (Å²) in [6, 6.07) is 12.7. The highest BCUT2D eigenvalue weighted by Crippen LogP contribution is 2.20. The summed E-state index contributed by atoms with van der Waals surface area (Å²) in [7, 11) is 0. The lowest BCUT2D eigenvalue weighted by Crippen LogP contribution is -2.33. The molecule has 0 saturated heterocycles. The fourth-order valence-corrected chi connectivity index (χ4v) is 2.62. The van der Waals surface area contributed by atoms with Crippen molar-refractivity contribution in [3.05, 3.63) is 59.7 Å². The van der Waals surface area contributed by atoms with Gasteiger partial charge in [-0.3, -0.25) is 0 Å². The Morgan fingerprint density at radius 2 is 1.16 bits per heavy atom. The van der Waals surface area contributed by atoms with Gasteiger partial charge in [0.25, 0.3) is 0 Å². The summed E-state index contributed by atoms with van der Waals surface area (Å²) in [5, 5.41) is 2.61. The van der Waals surface area contributed by atoms with Gasteiger partial charge in [0.2, 0.25) is 0 Å². The van der Waals surface area contributed by atoms with E-state index in [4.69, 9.17) is 10.5 Å². The molecule has 1 amide bonds. The number of alkyl carbamates (subject to hydrolysis) is 1. The largest absolute Gasteiger partial charge is 0.484 e. The van der Waals surface area contributed by atoms with Gasteiger partial charge in [-0.15, -0.1) is 0 Å². The van der Waals surface area contributed by atoms with Gasteiger partial charge < -0.3 is 25.3 Å². The molecule has 3 N–H and O–H groups in total. The monoisotopic (exact) mass is 538 g/mol. The predicted octanol–water partition coefficient (Wildman–Crippen LogP) is 5.82. The van der Waals surface area contributed by atoms with E-state index in [1.165, 1.54) is 24.3 Å². The fraction of sp³-hybridized carbons (Fsp3) is 0.480. The fourth-order valence-electron chi connectivity index (χ4n) is 2.62. The van der Waals surface area contributed by atoms with Crippen molar-refractivity contribution < 1.29 is 45.3 Å². The number of ether oxygens (including phenoxy) is 3. The molecule has 2 rings (SSSR count). The molecule has 0 atom stereocenters. The number of nitrogens with two attached hydrogens (primary N) is 1. The van der Waals surface area contributed by atoms with E-state index in [2.05, 4.69) is 14.8 Å². The molecule has 0 spiro atoms. The average Bonchev–Trinajstić information content (AvgIpc) is 2.76. The van der Waals surface area contributed by atoms with Crippen LogP contribution in [0.5, 0.6) is 11.5 Å². The van der Waals surface area contributed by atoms with Crippen molar-refractivity contribution in [1.29, 1.82) is 0 Å². The molecule has 0 bridgehead atoms. The number of rotatable bonds is 9. The van der Waals surface area contributed by atoms with Gasteiger partial charge in [0.05, 0.1) is 0 Å². The molecule has 0 aliphatic carbocycles. The molecule has 6 nitrogen and oxygen atoms in total. The lowest BCUT2D eigenvalue weighted by molar-refractivity contribution is -0.154. The normalized spacial score (nSPS) is 11.7. The average molecular weight is 539 g/mol. The SMILES string of the molecule is CC(C)(C)OC(=O)NCCc1ccc(OCC(F)(F)F)cc1.NCCc1ccc(OCC(F)(F)F)cc1. The smallest absolute Gasteiger partial charge is 0.422 e. The Labute approximate surface area is 212 Å². The van der Waals surface area contributed by atoms with Crippen LogP contribution in [0.2, 0.25) is 0 Å². The predicted molar refractivity (Wildman–Crippen MR) is 127 cm³/mol. The van der Waals surface area contributed by atoms with E-state index in [9.17, 15) is 31.1 Å². The summed E-state index contributed by atoms with van der Waals surface area (Å²) in [5.41, 5.74) is 6.63. The summed E-state index contributed by atoms with van der Waals surface area (Å²) >= 11 is 0. The number of amides is 1. The van der Waals surface area contributed by atoms with Crippen LogP contribution in [0.15, 0.2) is 48.5 Å². The maximum Gasteiger partial charge on any atom is 0.422 e. The van der Waals surface area contributed by atoms with Crippen LogP contribution < -0.4 is 20.5 Å². The van der Waals surface area contributed by atoms with Crippen LogP contribution in [0.1, 0.15) is 31.9 Å². The maximum atomic E-state index is 12.0. The first-order valence-electron chi connectivity index (χ1n) is 11.3. The topological polar surface area (TPSA) is 82.8 Å². The van der Waals surface area contributed by atoms with Gasteiger partial charge in [-0.05, 0) is 75.5 Å². The van der Waals surface area contributed by atoms with Crippen molar-refractivity contribution in [1.82, 2.24) is 5.32 Å². The van der Waals surface area contributed by atoms with Gasteiger partial charge in [0.15, 0.2) is 13.2 Å². The third-order valence-corrected chi connectivity index (χ3v) is 4.17. The Morgan fingerprint density at radius 1 is 0.757 bits per heavy atom. The lowest BCUT2D eigenvalue weighted by atomic mass is 10.1. The third kappa shape index (κ3) is 17.0. The van der Waals surface area contributed by atoms with Crippen LogP contribution in [0.4, 0.5) is 31.1 Å². The molecule has 0 aliphatic rings. The molecule has 0 heterocycles. The summed E-state index contributed by atoms with van der Waals surface area (Å²) in [4.78, 5) is 11.4. The zero-order valence-corrected chi connectivity index (χ0v) is 20.8. The molecular weight excluding hydrogens is 506 g/mol. The summed E-state index contributed by atoms with van der Waals surface area (Å²) in [5.74, 6) is 0.370. The lowest BCUT2D eigenvalue weighted by Gasteiger charge is -2.19. The zero-order chi connectivity index (χ0) is 28.1. The highest BCUT2D eigenvalue weighted by atomic mass is 19.4. The molecule has 0 aliphatic heterocycles. The minimum Gasteiger partial charge on any atom is -0.484 e. The number of carbonyl (C=O) groups excluding carboxylic acids is 1. The second kappa shape index (κ2) is 14.6. The highest BCUT2D eigenvalue weighted by Gasteiger charge is 2.29. The van der Waals surface area contributed by atoms with Gasteiger partial charge in [-0.25, -0.2) is 4.79 Å². The van der Waals surface area contributed by atoms with Crippen LogP contribution in [0.3, 0.4) is 0 Å². The summed E-state index contributed by atoms with van der Waals surface area (Å²) in [6.07, 6.45) is -7.90. The van der Waals surface area contributed by atoms with Crippen LogP contribution in [-0.2, 0) is 17.6 Å². The van der Waals surface area contributed by atoms with Gasteiger partial charge in [0, 0.05) is 6.54 Å². The van der Waals surface area contributed by atoms with Gasteiger partial charge in [-0.1, -0.05) is 24.3 Å². The van der Waals surface area contributed by atoms with Crippen molar-refractivity contribution in [2.75, 3.05) is 26.3 Å². The quantitative estimate of drug-likeness (QED) is 0.393. The second-order valence-corrected chi connectivity index (χ2v) is 8.81. The Kier molecular flexibility index (Phi) is 12.5. The van der Waals surface area contributed by atoms with Crippen LogP contribution in [-0.4, -0.2) is 50.4 Å². The third-order valence-electron chi connectivity index (χ3n) is 4.17. The van der Waals surface area contributed by atoms with Crippen molar-refractivity contribution in [2.45, 2.75) is 51.6 Å². The first-order chi connectivity index (χ1) is 17.1. The van der Waals surface area contributed by atoms with Crippen molar-refractivity contribution in [2.24, 2.45) is 5.73 Å². The number of alkyl halides is 6. The molecular formula is C25H32F6N2O4. The minimum absolute atomic E-state index is 0.154. The van der Waals surface area contributed by atoms with Crippen molar-refractivity contribution in [3.8, 4) is 11.5 Å². The molecule has 2 aromatic rings. The number of halogens is 6. The van der Waals surface area contributed by atoms with E-state index in [0.717, 1.165) is 11.1 Å². The first-order valence-corrected chi connectivity index (χ1v) is 11.3. The van der Waals surface area contributed by atoms with Gasteiger partial charge in [-0.2, -0.15) is 26.3 Å². The molecule has 208 valence electrons. The standard InChI is InChI=1S/C15H20F3NO3.C10H12F3NO/c1-14(2,3)22-13(20)19-9-8-11-4-6-12(7-5-11)21-10-15(16,17)18;11-10(12,13)7-15-9-3-1-8(2-4-9)5-6-14/h4-7H,8-10H2,1-3H3,(H,19,20);1-4H,5-7,14H2. The minimum atomic E-state index is -4.35. The Bertz CT molecular complexity index is 925. The molecule has 0 radical (unpaired) electrons. The number of nitrogens with one attached hydrogen (secondary N) is 1. The van der Waals surface area contributed by atoms with Crippen LogP contribution >= 0.6 is 0 Å². The van der Waals surface area contributed by atoms with E-state index in [-0.39, 0.29) is 11.5 Å². The van der Waals surface area contributed by atoms with E-state index >= 15 is 0 Å². The molecule has 2 aromatic carbocycles. The number of benzene rings is 2. The van der Waals surface area contributed by atoms with Gasteiger partial charge >= 0.3 is 18.4 Å².